The summed E-state index contributed by atoms with van der Waals surface area (Å²) in [6.45, 7) is 6.23. The summed E-state index contributed by atoms with van der Waals surface area (Å²) in [5.74, 6) is 1.43. The summed E-state index contributed by atoms with van der Waals surface area (Å²) in [7, 11) is 0. The van der Waals surface area contributed by atoms with E-state index < -0.39 is 0 Å². The standard InChI is InChI=1S/C41H25N3OS2/c1-3-12-29(39-23(2)24-13-5-9-18-31(24)45-39)37-40-36(28-16-7-11-20-33(28)47-40)42-41(43-37)44-30-17-8-4-14-25(30)26-21-22-34-35(38(26)44)27-15-6-10-19-32(27)46-34/h3-22H,1H2,2H3/b29-12-. The lowest BCUT2D eigenvalue weighted by atomic mass is 10.0. The van der Waals surface area contributed by atoms with Crippen LogP contribution in [-0.2, 0) is 0 Å². The van der Waals surface area contributed by atoms with Crippen LogP contribution in [0.5, 0.6) is 0 Å². The predicted octanol–water partition coefficient (Wildman–Crippen LogP) is 12.0. The normalized spacial score (nSPS) is 12.6. The molecule has 0 fully saturated rings. The number of rotatable bonds is 4. The van der Waals surface area contributed by atoms with Crippen LogP contribution in [0.4, 0.5) is 0 Å². The van der Waals surface area contributed by atoms with Crippen LogP contribution in [0.2, 0.25) is 0 Å². The van der Waals surface area contributed by atoms with Crippen LogP contribution in [0.3, 0.4) is 0 Å². The van der Waals surface area contributed by atoms with Gasteiger partial charge in [-0.3, -0.25) is 4.57 Å². The molecule has 5 aromatic heterocycles. The lowest BCUT2D eigenvalue weighted by molar-refractivity contribution is 0.597. The largest absolute Gasteiger partial charge is 0.456 e. The van der Waals surface area contributed by atoms with E-state index in [1.165, 1.54) is 35.6 Å². The monoisotopic (exact) mass is 639 g/mol. The number of benzene rings is 5. The molecule has 6 heteroatoms. The van der Waals surface area contributed by atoms with Crippen molar-refractivity contribution in [3.63, 3.8) is 0 Å². The number of furan rings is 1. The fourth-order valence-electron chi connectivity index (χ4n) is 7.15. The van der Waals surface area contributed by atoms with E-state index in [1.54, 1.807) is 11.3 Å². The minimum Gasteiger partial charge on any atom is -0.456 e. The molecule has 5 heterocycles. The quantitative estimate of drug-likeness (QED) is 0.180. The molecule has 0 bridgehead atoms. The first-order chi connectivity index (χ1) is 23.2. The van der Waals surface area contributed by atoms with Crippen LogP contribution in [0.1, 0.15) is 17.0 Å². The maximum atomic E-state index is 6.58. The van der Waals surface area contributed by atoms with Gasteiger partial charge in [-0.1, -0.05) is 91.5 Å². The molecule has 0 spiro atoms. The van der Waals surface area contributed by atoms with Crippen molar-refractivity contribution in [3.8, 4) is 5.95 Å². The average Bonchev–Trinajstić information content (AvgIpc) is 3.86. The zero-order chi connectivity index (χ0) is 31.2. The Bertz CT molecular complexity index is 2950. The molecule has 0 saturated carbocycles. The first-order valence-electron chi connectivity index (χ1n) is 15.5. The van der Waals surface area contributed by atoms with Crippen LogP contribution in [0, 0.1) is 6.92 Å². The van der Waals surface area contributed by atoms with Gasteiger partial charge < -0.3 is 4.42 Å². The van der Waals surface area contributed by atoms with Crippen LogP contribution < -0.4 is 0 Å². The summed E-state index contributed by atoms with van der Waals surface area (Å²) in [5, 5.41) is 7.04. The number of aryl methyl sites for hydroxylation is 1. The number of fused-ring (bicyclic) bond motifs is 11. The number of hydrogen-bond donors (Lipinski definition) is 0. The van der Waals surface area contributed by atoms with Crippen molar-refractivity contribution >= 4 is 101 Å². The van der Waals surface area contributed by atoms with Crippen LogP contribution in [-0.4, -0.2) is 14.5 Å². The second-order valence-electron chi connectivity index (χ2n) is 11.8. The van der Waals surface area contributed by atoms with Gasteiger partial charge in [0.25, 0.3) is 0 Å². The SMILES string of the molecule is C=C/C=C(\c1oc2ccccc2c1C)c1nc(-n2c3ccccc3c3ccc4sc5ccccc5c4c32)nc2c1sc1ccccc12. The third-order valence-electron chi connectivity index (χ3n) is 9.21. The van der Waals surface area contributed by atoms with Crippen molar-refractivity contribution in [1.29, 1.82) is 0 Å². The maximum absolute atomic E-state index is 6.58. The minimum atomic E-state index is 0.633. The van der Waals surface area contributed by atoms with Crippen LogP contribution in [0.25, 0.3) is 84.8 Å². The number of thiophene rings is 2. The van der Waals surface area contributed by atoms with Crippen molar-refractivity contribution in [1.82, 2.24) is 14.5 Å². The van der Waals surface area contributed by atoms with Gasteiger partial charge in [0, 0.05) is 57.6 Å². The van der Waals surface area contributed by atoms with Gasteiger partial charge in [-0.25, -0.2) is 9.97 Å². The Morgan fingerprint density at radius 2 is 1.40 bits per heavy atom. The first kappa shape index (κ1) is 26.6. The van der Waals surface area contributed by atoms with E-state index in [2.05, 4.69) is 115 Å². The molecule has 0 N–H and O–H groups in total. The number of hydrogen-bond acceptors (Lipinski definition) is 5. The van der Waals surface area contributed by atoms with Gasteiger partial charge in [0.2, 0.25) is 5.95 Å². The average molecular weight is 640 g/mol. The van der Waals surface area contributed by atoms with Crippen LogP contribution >= 0.6 is 22.7 Å². The molecule has 5 aromatic carbocycles. The molecular formula is C41H25N3OS2. The molecule has 4 nitrogen and oxygen atoms in total. The third kappa shape index (κ3) is 3.74. The van der Waals surface area contributed by atoms with E-state index in [-0.39, 0.29) is 0 Å². The molecule has 0 aliphatic heterocycles. The number of aromatic nitrogens is 3. The molecule has 10 rings (SSSR count). The van der Waals surface area contributed by atoms with Crippen molar-refractivity contribution < 1.29 is 4.42 Å². The van der Waals surface area contributed by atoms with E-state index in [1.807, 2.05) is 35.6 Å². The van der Waals surface area contributed by atoms with Gasteiger partial charge in [-0.05, 0) is 43.3 Å². The van der Waals surface area contributed by atoms with E-state index in [4.69, 9.17) is 14.4 Å². The molecule has 10 aromatic rings. The smallest absolute Gasteiger partial charge is 0.235 e. The van der Waals surface area contributed by atoms with Crippen molar-refractivity contribution in [2.75, 3.05) is 0 Å². The highest BCUT2D eigenvalue weighted by Crippen LogP contribution is 2.45. The molecule has 0 unspecified atom stereocenters. The lowest BCUT2D eigenvalue weighted by Crippen LogP contribution is -2.05. The molecule has 0 radical (unpaired) electrons. The van der Waals surface area contributed by atoms with Gasteiger partial charge in [0.05, 0.1) is 26.9 Å². The Balaban J connectivity index is 1.38. The highest BCUT2D eigenvalue weighted by atomic mass is 32.1. The van der Waals surface area contributed by atoms with Crippen molar-refractivity contribution in [2.45, 2.75) is 6.92 Å². The Morgan fingerprint density at radius 3 is 2.21 bits per heavy atom. The molecular weight excluding hydrogens is 615 g/mol. The van der Waals surface area contributed by atoms with Crippen LogP contribution in [0.15, 0.2) is 132 Å². The molecule has 0 amide bonds. The Kier molecular flexibility index (Phi) is 5.65. The third-order valence-corrected chi connectivity index (χ3v) is 11.5. The molecule has 0 aliphatic carbocycles. The summed E-state index contributed by atoms with van der Waals surface area (Å²) < 4.78 is 13.6. The second-order valence-corrected chi connectivity index (χ2v) is 13.9. The van der Waals surface area contributed by atoms with Gasteiger partial charge in [-0.15, -0.1) is 22.7 Å². The molecule has 47 heavy (non-hydrogen) atoms. The highest BCUT2D eigenvalue weighted by Gasteiger charge is 2.25. The van der Waals surface area contributed by atoms with Crippen molar-refractivity contribution in [2.24, 2.45) is 0 Å². The van der Waals surface area contributed by atoms with E-state index in [0.29, 0.717) is 5.95 Å². The fraction of sp³-hybridized carbons (Fsp3) is 0.0244. The minimum absolute atomic E-state index is 0.633. The molecule has 0 atom stereocenters. The second kappa shape index (κ2) is 9.97. The van der Waals surface area contributed by atoms with Gasteiger partial charge in [0.15, 0.2) is 0 Å². The van der Waals surface area contributed by atoms with E-state index in [0.717, 1.165) is 60.2 Å². The Labute approximate surface area is 277 Å². The highest BCUT2D eigenvalue weighted by molar-refractivity contribution is 7.26. The Hall–Kier alpha value is -5.56. The first-order valence-corrected chi connectivity index (χ1v) is 17.2. The maximum Gasteiger partial charge on any atom is 0.235 e. The van der Waals surface area contributed by atoms with Gasteiger partial charge in [-0.2, -0.15) is 0 Å². The zero-order valence-corrected chi connectivity index (χ0v) is 27.0. The summed E-state index contributed by atoms with van der Waals surface area (Å²) in [4.78, 5) is 10.9. The summed E-state index contributed by atoms with van der Waals surface area (Å²) in [5.41, 5.74) is 6.78. The van der Waals surface area contributed by atoms with E-state index in [9.17, 15) is 0 Å². The van der Waals surface area contributed by atoms with Gasteiger partial charge >= 0.3 is 0 Å². The topological polar surface area (TPSA) is 43.9 Å². The number of para-hydroxylation sites is 2. The summed E-state index contributed by atoms with van der Waals surface area (Å²) >= 11 is 3.55. The lowest BCUT2D eigenvalue weighted by Gasteiger charge is -2.12. The molecule has 222 valence electrons. The molecule has 0 aliphatic rings. The van der Waals surface area contributed by atoms with E-state index >= 15 is 0 Å². The molecule has 0 saturated heterocycles. The van der Waals surface area contributed by atoms with Gasteiger partial charge in [0.1, 0.15) is 11.3 Å². The Morgan fingerprint density at radius 1 is 0.702 bits per heavy atom. The summed E-state index contributed by atoms with van der Waals surface area (Å²) in [6.07, 6.45) is 3.85. The number of nitrogens with zero attached hydrogens (tertiary/aromatic N) is 3. The predicted molar refractivity (Wildman–Crippen MR) is 200 cm³/mol. The number of allylic oxidation sites excluding steroid dienone is 2. The zero-order valence-electron chi connectivity index (χ0n) is 25.3. The van der Waals surface area contributed by atoms with Crippen molar-refractivity contribution in [3.05, 3.63) is 145 Å². The summed E-state index contributed by atoms with van der Waals surface area (Å²) in [6, 6.07) is 38.5. The fourth-order valence-corrected chi connectivity index (χ4v) is 9.40.